The molecule has 0 aliphatic heterocycles. The van der Waals surface area contributed by atoms with E-state index < -0.39 is 0 Å². The molecule has 0 amide bonds. The largest absolute Gasteiger partial charge is 0.354 e. The van der Waals surface area contributed by atoms with Gasteiger partial charge in [-0.1, -0.05) is 24.3 Å². The molecule has 0 atom stereocenters. The SMILES string of the molecule is Cc1nccc2ccc3[nH]c4ccccc4c3c12. The molecule has 2 nitrogen and oxygen atoms in total. The number of H-pyrrole nitrogens is 1. The monoisotopic (exact) mass is 232 g/mol. The van der Waals surface area contributed by atoms with Gasteiger partial charge < -0.3 is 4.98 Å². The number of pyridine rings is 1. The first-order chi connectivity index (χ1) is 8.84. The zero-order chi connectivity index (χ0) is 12.1. The van der Waals surface area contributed by atoms with E-state index in [1.807, 2.05) is 6.20 Å². The lowest BCUT2D eigenvalue weighted by atomic mass is 10.0. The smallest absolute Gasteiger partial charge is 0.0472 e. The molecule has 4 rings (SSSR count). The topological polar surface area (TPSA) is 28.7 Å². The van der Waals surface area contributed by atoms with Gasteiger partial charge in [0.1, 0.15) is 0 Å². The van der Waals surface area contributed by atoms with Gasteiger partial charge in [-0.2, -0.15) is 0 Å². The Bertz CT molecular complexity index is 887. The molecule has 0 saturated heterocycles. The van der Waals surface area contributed by atoms with Crippen LogP contribution in [0.5, 0.6) is 0 Å². The maximum atomic E-state index is 4.43. The van der Waals surface area contributed by atoms with Gasteiger partial charge in [0, 0.05) is 39.1 Å². The van der Waals surface area contributed by atoms with Gasteiger partial charge in [-0.15, -0.1) is 0 Å². The molecule has 0 saturated carbocycles. The highest BCUT2D eigenvalue weighted by Gasteiger charge is 2.09. The van der Waals surface area contributed by atoms with Gasteiger partial charge in [-0.05, 0) is 30.5 Å². The van der Waals surface area contributed by atoms with E-state index in [-0.39, 0.29) is 0 Å². The Morgan fingerprint density at radius 2 is 1.78 bits per heavy atom. The average Bonchev–Trinajstić information content (AvgIpc) is 2.77. The number of hydrogen-bond acceptors (Lipinski definition) is 1. The average molecular weight is 232 g/mol. The first-order valence-electron chi connectivity index (χ1n) is 6.09. The van der Waals surface area contributed by atoms with E-state index in [0.29, 0.717) is 0 Å². The maximum absolute atomic E-state index is 4.43. The van der Waals surface area contributed by atoms with Gasteiger partial charge in [0.2, 0.25) is 0 Å². The number of aryl methyl sites for hydroxylation is 1. The van der Waals surface area contributed by atoms with Crippen LogP contribution in [0.1, 0.15) is 5.69 Å². The lowest BCUT2D eigenvalue weighted by Gasteiger charge is -2.03. The van der Waals surface area contributed by atoms with Gasteiger partial charge in [0.15, 0.2) is 0 Å². The number of rotatable bonds is 0. The second-order valence-electron chi connectivity index (χ2n) is 4.65. The normalized spacial score (nSPS) is 11.6. The molecule has 0 fully saturated rings. The summed E-state index contributed by atoms with van der Waals surface area (Å²) in [5, 5.41) is 5.06. The fourth-order valence-corrected chi connectivity index (χ4v) is 2.78. The van der Waals surface area contributed by atoms with Crippen molar-refractivity contribution in [3.8, 4) is 0 Å². The molecule has 0 aliphatic carbocycles. The number of aromatic nitrogens is 2. The molecular formula is C16H12N2. The van der Waals surface area contributed by atoms with Crippen LogP contribution in [0.25, 0.3) is 32.6 Å². The van der Waals surface area contributed by atoms with Crippen molar-refractivity contribution < 1.29 is 0 Å². The van der Waals surface area contributed by atoms with Crippen molar-refractivity contribution in [2.75, 3.05) is 0 Å². The van der Waals surface area contributed by atoms with E-state index in [2.05, 4.69) is 59.4 Å². The molecule has 2 aromatic carbocycles. The van der Waals surface area contributed by atoms with E-state index in [0.717, 1.165) is 5.69 Å². The van der Waals surface area contributed by atoms with Crippen LogP contribution in [0.4, 0.5) is 0 Å². The van der Waals surface area contributed by atoms with E-state index >= 15 is 0 Å². The Kier molecular flexibility index (Phi) is 1.78. The summed E-state index contributed by atoms with van der Waals surface area (Å²) in [7, 11) is 0. The third-order valence-electron chi connectivity index (χ3n) is 3.59. The van der Waals surface area contributed by atoms with Crippen LogP contribution in [0, 0.1) is 6.92 Å². The van der Waals surface area contributed by atoms with Crippen LogP contribution in [-0.4, -0.2) is 9.97 Å². The van der Waals surface area contributed by atoms with E-state index in [4.69, 9.17) is 0 Å². The zero-order valence-electron chi connectivity index (χ0n) is 10.1. The minimum atomic E-state index is 1.09. The first-order valence-corrected chi connectivity index (χ1v) is 6.09. The summed E-state index contributed by atoms with van der Waals surface area (Å²) < 4.78 is 0. The summed E-state index contributed by atoms with van der Waals surface area (Å²) in [6.07, 6.45) is 1.87. The standard InChI is InChI=1S/C16H12N2/c1-10-15-11(8-9-17-10)6-7-14-16(15)12-4-2-3-5-13(12)18-14/h2-9,18H,1H3. The fourth-order valence-electron chi connectivity index (χ4n) is 2.78. The van der Waals surface area contributed by atoms with Crippen molar-refractivity contribution in [1.29, 1.82) is 0 Å². The highest BCUT2D eigenvalue weighted by Crippen LogP contribution is 2.32. The molecular weight excluding hydrogens is 220 g/mol. The van der Waals surface area contributed by atoms with Crippen LogP contribution >= 0.6 is 0 Å². The lowest BCUT2D eigenvalue weighted by Crippen LogP contribution is -1.83. The zero-order valence-corrected chi connectivity index (χ0v) is 10.1. The van der Waals surface area contributed by atoms with Crippen molar-refractivity contribution in [3.05, 3.63) is 54.4 Å². The number of benzene rings is 2. The van der Waals surface area contributed by atoms with E-state index in [1.54, 1.807) is 0 Å². The maximum Gasteiger partial charge on any atom is 0.0472 e. The summed E-state index contributed by atoms with van der Waals surface area (Å²) in [6.45, 7) is 2.07. The number of fused-ring (bicyclic) bond motifs is 5. The minimum Gasteiger partial charge on any atom is -0.354 e. The van der Waals surface area contributed by atoms with E-state index in [9.17, 15) is 0 Å². The molecule has 0 bridgehead atoms. The molecule has 2 aromatic heterocycles. The fraction of sp³-hybridized carbons (Fsp3) is 0.0625. The van der Waals surface area contributed by atoms with Crippen molar-refractivity contribution in [2.45, 2.75) is 6.92 Å². The predicted molar refractivity (Wildman–Crippen MR) is 75.8 cm³/mol. The van der Waals surface area contributed by atoms with Crippen LogP contribution in [0.3, 0.4) is 0 Å². The summed E-state index contributed by atoms with van der Waals surface area (Å²) in [5.74, 6) is 0. The third-order valence-corrected chi connectivity index (χ3v) is 3.59. The predicted octanol–water partition coefficient (Wildman–Crippen LogP) is 4.18. The molecule has 86 valence electrons. The van der Waals surface area contributed by atoms with Crippen LogP contribution in [0.2, 0.25) is 0 Å². The molecule has 18 heavy (non-hydrogen) atoms. The number of hydrogen-bond donors (Lipinski definition) is 1. The summed E-state index contributed by atoms with van der Waals surface area (Å²) >= 11 is 0. The van der Waals surface area contributed by atoms with Crippen molar-refractivity contribution >= 4 is 32.6 Å². The van der Waals surface area contributed by atoms with Crippen LogP contribution in [0.15, 0.2) is 48.7 Å². The molecule has 0 spiro atoms. The highest BCUT2D eigenvalue weighted by atomic mass is 14.7. The molecule has 2 heterocycles. The summed E-state index contributed by atoms with van der Waals surface area (Å²) in [5.41, 5.74) is 3.45. The van der Waals surface area contributed by atoms with Gasteiger partial charge in [-0.3, -0.25) is 4.98 Å². The first kappa shape index (κ1) is 9.66. The molecule has 0 aliphatic rings. The van der Waals surface area contributed by atoms with Gasteiger partial charge in [-0.25, -0.2) is 0 Å². The van der Waals surface area contributed by atoms with Crippen molar-refractivity contribution in [1.82, 2.24) is 9.97 Å². The molecule has 1 N–H and O–H groups in total. The Hall–Kier alpha value is -2.35. The van der Waals surface area contributed by atoms with Gasteiger partial charge in [0.25, 0.3) is 0 Å². The Balaban J connectivity index is 2.40. The number of nitrogens with one attached hydrogen (secondary N) is 1. The number of para-hydroxylation sites is 1. The Morgan fingerprint density at radius 1 is 0.889 bits per heavy atom. The lowest BCUT2D eigenvalue weighted by molar-refractivity contribution is 1.24. The summed E-state index contributed by atoms with van der Waals surface area (Å²) in [6, 6.07) is 14.8. The molecule has 2 heteroatoms. The van der Waals surface area contributed by atoms with Crippen molar-refractivity contribution in [3.63, 3.8) is 0 Å². The Labute approximate surface area is 104 Å². The molecule has 0 radical (unpaired) electrons. The second-order valence-corrected chi connectivity index (χ2v) is 4.65. The minimum absolute atomic E-state index is 1.09. The van der Waals surface area contributed by atoms with Crippen LogP contribution < -0.4 is 0 Å². The molecule has 0 unspecified atom stereocenters. The third kappa shape index (κ3) is 1.15. The Morgan fingerprint density at radius 3 is 2.72 bits per heavy atom. The van der Waals surface area contributed by atoms with Gasteiger partial charge in [0.05, 0.1) is 0 Å². The number of nitrogens with zero attached hydrogens (tertiary/aromatic N) is 1. The number of aromatic amines is 1. The summed E-state index contributed by atoms with van der Waals surface area (Å²) in [4.78, 5) is 7.90. The quantitative estimate of drug-likeness (QED) is 0.484. The van der Waals surface area contributed by atoms with E-state index in [1.165, 1.54) is 32.6 Å². The van der Waals surface area contributed by atoms with Crippen LogP contribution in [-0.2, 0) is 0 Å². The van der Waals surface area contributed by atoms with Crippen molar-refractivity contribution in [2.24, 2.45) is 0 Å². The highest BCUT2D eigenvalue weighted by molar-refractivity contribution is 6.20. The second kappa shape index (κ2) is 3.33. The molecule has 4 aromatic rings. The van der Waals surface area contributed by atoms with Gasteiger partial charge >= 0.3 is 0 Å².